The molecule has 146 valence electrons. The molecule has 2 atom stereocenters. The summed E-state index contributed by atoms with van der Waals surface area (Å²) in [6.07, 6.45) is 1.24. The van der Waals surface area contributed by atoms with Crippen LogP contribution in [0.3, 0.4) is 0 Å². The van der Waals surface area contributed by atoms with Crippen LogP contribution >= 0.6 is 22.9 Å². The molecule has 0 bridgehead atoms. The van der Waals surface area contributed by atoms with Crippen LogP contribution in [0.15, 0.2) is 6.58 Å². The van der Waals surface area contributed by atoms with Crippen LogP contribution in [0.1, 0.15) is 41.6 Å². The molecular weight excluding hydrogens is 388 g/mol. The van der Waals surface area contributed by atoms with Crippen molar-refractivity contribution in [1.29, 1.82) is 0 Å². The third kappa shape index (κ3) is 4.31. The highest BCUT2D eigenvalue weighted by Gasteiger charge is 2.32. The van der Waals surface area contributed by atoms with Crippen molar-refractivity contribution in [2.24, 2.45) is 0 Å². The number of rotatable bonds is 6. The number of aromatic amines is 1. The Morgan fingerprint density at radius 2 is 2.30 bits per heavy atom. The highest BCUT2D eigenvalue weighted by molar-refractivity contribution is 7.16. The van der Waals surface area contributed by atoms with E-state index in [0.29, 0.717) is 18.1 Å². The highest BCUT2D eigenvalue weighted by Crippen LogP contribution is 2.27. The number of anilines is 1. The van der Waals surface area contributed by atoms with Gasteiger partial charge in [0.25, 0.3) is 5.91 Å². The molecule has 0 unspecified atom stereocenters. The molecule has 27 heavy (non-hydrogen) atoms. The number of nitrogens with one attached hydrogen (secondary N) is 2. The van der Waals surface area contributed by atoms with Crippen molar-refractivity contribution < 1.29 is 9.53 Å². The fourth-order valence-electron chi connectivity index (χ4n) is 2.98. The fourth-order valence-corrected chi connectivity index (χ4v) is 4.05. The van der Waals surface area contributed by atoms with Gasteiger partial charge in [0.2, 0.25) is 5.13 Å². The molecule has 0 saturated carbocycles. The number of hydrogen-bond acceptors (Lipinski definition) is 7. The number of imidazole rings is 1. The average Bonchev–Trinajstić information content (AvgIpc) is 3.29. The van der Waals surface area contributed by atoms with Crippen molar-refractivity contribution in [1.82, 2.24) is 25.5 Å². The van der Waals surface area contributed by atoms with Crippen LogP contribution in [-0.2, 0) is 11.2 Å². The van der Waals surface area contributed by atoms with Gasteiger partial charge in [-0.15, -0.1) is 10.2 Å². The van der Waals surface area contributed by atoms with Gasteiger partial charge in [-0.2, -0.15) is 0 Å². The zero-order valence-corrected chi connectivity index (χ0v) is 17.2. The third-order valence-electron chi connectivity index (χ3n) is 4.53. The molecule has 2 aromatic rings. The van der Waals surface area contributed by atoms with Gasteiger partial charge >= 0.3 is 0 Å². The molecule has 0 radical (unpaired) electrons. The van der Waals surface area contributed by atoms with Crippen LogP contribution in [0.5, 0.6) is 0 Å². The number of piperidine rings is 1. The Hall–Kier alpha value is -1.97. The van der Waals surface area contributed by atoms with E-state index < -0.39 is 0 Å². The van der Waals surface area contributed by atoms with E-state index in [2.05, 4.69) is 37.0 Å². The predicted molar refractivity (Wildman–Crippen MR) is 106 cm³/mol. The summed E-state index contributed by atoms with van der Waals surface area (Å²) >= 11 is 7.54. The first-order valence-electron chi connectivity index (χ1n) is 8.75. The Morgan fingerprint density at radius 3 is 2.89 bits per heavy atom. The number of methoxy groups -OCH3 is 1. The van der Waals surface area contributed by atoms with Gasteiger partial charge < -0.3 is 19.9 Å². The third-order valence-corrected chi connectivity index (χ3v) is 5.98. The number of halogens is 1. The normalized spacial score (nSPS) is 19.9. The second-order valence-electron chi connectivity index (χ2n) is 6.47. The number of carbonyl (C=O) groups excluding carboxylic acids is 1. The Bertz CT molecular complexity index is 835. The minimum absolute atomic E-state index is 0.124. The average molecular weight is 411 g/mol. The maximum atomic E-state index is 12.5. The summed E-state index contributed by atoms with van der Waals surface area (Å²) in [5.74, 6) is -0.0538. The molecule has 8 nitrogen and oxygen atoms in total. The van der Waals surface area contributed by atoms with Crippen LogP contribution < -0.4 is 10.2 Å². The van der Waals surface area contributed by atoms with Gasteiger partial charge in [0, 0.05) is 20.2 Å². The van der Waals surface area contributed by atoms with Crippen LogP contribution in [0, 0.1) is 0 Å². The van der Waals surface area contributed by atoms with E-state index in [4.69, 9.17) is 16.3 Å². The lowest BCUT2D eigenvalue weighted by atomic mass is 10.0. The second-order valence-corrected chi connectivity index (χ2v) is 7.78. The molecular formula is C17H23ClN6O2S. The first-order valence-corrected chi connectivity index (χ1v) is 9.94. The Kier molecular flexibility index (Phi) is 6.13. The number of amides is 1. The number of H-pyrrole nitrogens is 1. The number of ether oxygens (including phenoxy) is 1. The molecule has 1 amide bonds. The number of hydrogen-bond donors (Lipinski definition) is 2. The Balaban J connectivity index is 1.65. The largest absolute Gasteiger partial charge is 0.377 e. The molecule has 0 aromatic carbocycles. The van der Waals surface area contributed by atoms with Crippen LogP contribution in [0.4, 0.5) is 5.13 Å². The molecule has 1 fully saturated rings. The highest BCUT2D eigenvalue weighted by atomic mass is 35.5. The molecule has 1 saturated heterocycles. The molecule has 1 aliphatic rings. The first kappa shape index (κ1) is 19.8. The monoisotopic (exact) mass is 410 g/mol. The van der Waals surface area contributed by atoms with Crippen LogP contribution in [0.2, 0.25) is 5.15 Å². The second kappa shape index (κ2) is 8.37. The summed E-state index contributed by atoms with van der Waals surface area (Å²) in [4.78, 5) is 21.7. The molecule has 2 aromatic heterocycles. The van der Waals surface area contributed by atoms with E-state index in [9.17, 15) is 4.79 Å². The van der Waals surface area contributed by atoms with Gasteiger partial charge in [-0.3, -0.25) is 4.79 Å². The molecule has 10 heteroatoms. The number of aromatic nitrogens is 4. The molecule has 1 aliphatic heterocycles. The van der Waals surface area contributed by atoms with E-state index in [0.717, 1.165) is 34.4 Å². The van der Waals surface area contributed by atoms with E-state index >= 15 is 0 Å². The van der Waals surface area contributed by atoms with E-state index in [1.807, 2.05) is 13.8 Å². The number of carbonyl (C=O) groups is 1. The van der Waals surface area contributed by atoms with Crippen LogP contribution in [-0.4, -0.2) is 58.4 Å². The first-order chi connectivity index (χ1) is 12.9. The maximum Gasteiger partial charge on any atom is 0.287 e. The SMILES string of the molecule is C=C(C)c1nnc(N2CC[C@@H](NC(=O)c3nc(Cl)c(CC)[nH]3)[C@@H](OC)C2)s1. The molecule has 3 heterocycles. The predicted octanol–water partition coefficient (Wildman–Crippen LogP) is 2.53. The zero-order chi connectivity index (χ0) is 19.6. The summed E-state index contributed by atoms with van der Waals surface area (Å²) in [5.41, 5.74) is 1.65. The summed E-state index contributed by atoms with van der Waals surface area (Å²) in [6.45, 7) is 9.12. The standard InChI is InChI=1S/C17H23ClN6O2S/c1-5-10-13(18)21-14(19-10)15(25)20-11-6-7-24(8-12(11)26-4)17-23-22-16(27-17)9(2)3/h11-12H,2,5-8H2,1,3-4H3,(H,19,21)(H,20,25)/t11-,12+/m1/s1. The summed E-state index contributed by atoms with van der Waals surface area (Å²) < 4.78 is 5.62. The van der Waals surface area contributed by atoms with Gasteiger partial charge in [-0.1, -0.05) is 36.4 Å². The van der Waals surface area contributed by atoms with Gasteiger partial charge in [0.15, 0.2) is 11.0 Å². The fraction of sp³-hybridized carbons (Fsp3) is 0.529. The minimum Gasteiger partial charge on any atom is -0.377 e. The molecule has 0 aliphatic carbocycles. The summed E-state index contributed by atoms with van der Waals surface area (Å²) in [5, 5.41) is 13.4. The van der Waals surface area contributed by atoms with Crippen molar-refractivity contribution in [3.05, 3.63) is 28.3 Å². The smallest absolute Gasteiger partial charge is 0.287 e. The number of allylic oxidation sites excluding steroid dienone is 1. The van der Waals surface area contributed by atoms with Gasteiger partial charge in [-0.25, -0.2) is 4.98 Å². The van der Waals surface area contributed by atoms with E-state index in [-0.39, 0.29) is 23.9 Å². The topological polar surface area (TPSA) is 96.0 Å². The molecule has 3 rings (SSSR count). The van der Waals surface area contributed by atoms with Crippen molar-refractivity contribution in [3.8, 4) is 0 Å². The van der Waals surface area contributed by atoms with Crippen molar-refractivity contribution >= 4 is 39.5 Å². The lowest BCUT2D eigenvalue weighted by Crippen LogP contribution is -2.55. The summed E-state index contributed by atoms with van der Waals surface area (Å²) in [6, 6.07) is -0.124. The van der Waals surface area contributed by atoms with Gasteiger partial charge in [0.1, 0.15) is 5.01 Å². The Morgan fingerprint density at radius 1 is 1.52 bits per heavy atom. The molecule has 0 spiro atoms. The minimum atomic E-state index is -0.280. The molecule has 2 N–H and O–H groups in total. The van der Waals surface area contributed by atoms with Gasteiger partial charge in [0.05, 0.1) is 17.8 Å². The lowest BCUT2D eigenvalue weighted by Gasteiger charge is -2.37. The zero-order valence-electron chi connectivity index (χ0n) is 15.6. The van der Waals surface area contributed by atoms with Crippen molar-refractivity contribution in [2.45, 2.75) is 38.8 Å². The maximum absolute atomic E-state index is 12.5. The van der Waals surface area contributed by atoms with Crippen molar-refractivity contribution in [3.63, 3.8) is 0 Å². The lowest BCUT2D eigenvalue weighted by molar-refractivity contribution is 0.0538. The number of nitrogens with zero attached hydrogens (tertiary/aromatic N) is 4. The van der Waals surface area contributed by atoms with Crippen LogP contribution in [0.25, 0.3) is 5.57 Å². The Labute approximate surface area is 167 Å². The summed E-state index contributed by atoms with van der Waals surface area (Å²) in [7, 11) is 1.64. The van der Waals surface area contributed by atoms with E-state index in [1.54, 1.807) is 7.11 Å². The van der Waals surface area contributed by atoms with E-state index in [1.165, 1.54) is 11.3 Å². The van der Waals surface area contributed by atoms with Crippen molar-refractivity contribution in [2.75, 3.05) is 25.1 Å². The number of aryl methyl sites for hydroxylation is 1. The quantitative estimate of drug-likeness (QED) is 0.759. The van der Waals surface area contributed by atoms with Gasteiger partial charge in [-0.05, 0) is 25.3 Å².